The second-order valence-electron chi connectivity index (χ2n) is 6.80. The number of methoxy groups -OCH3 is 1. The van der Waals surface area contributed by atoms with Gasteiger partial charge in [-0.3, -0.25) is 0 Å². The van der Waals surface area contributed by atoms with Crippen LogP contribution in [0.5, 0.6) is 5.75 Å². The highest BCUT2D eigenvalue weighted by Gasteiger charge is 2.38. The molecule has 0 radical (unpaired) electrons. The van der Waals surface area contributed by atoms with Crippen LogP contribution in [-0.4, -0.2) is 19.7 Å². The Hall–Kier alpha value is -1.02. The van der Waals surface area contributed by atoms with E-state index in [0.29, 0.717) is 6.04 Å². The van der Waals surface area contributed by atoms with Gasteiger partial charge in [-0.1, -0.05) is 18.6 Å². The van der Waals surface area contributed by atoms with Gasteiger partial charge in [-0.15, -0.1) is 0 Å². The van der Waals surface area contributed by atoms with Gasteiger partial charge >= 0.3 is 0 Å². The van der Waals surface area contributed by atoms with Crippen molar-refractivity contribution >= 4 is 0 Å². The highest BCUT2D eigenvalue weighted by atomic mass is 16.5. The van der Waals surface area contributed by atoms with Gasteiger partial charge in [0.2, 0.25) is 0 Å². The fourth-order valence-electron chi connectivity index (χ4n) is 4.17. The molecule has 110 valence electrons. The van der Waals surface area contributed by atoms with Gasteiger partial charge in [-0.2, -0.15) is 0 Å². The molecule has 1 aromatic rings. The maximum Gasteiger partial charge on any atom is 0.118 e. The minimum absolute atomic E-state index is 0.558. The van der Waals surface area contributed by atoms with Gasteiger partial charge in [-0.25, -0.2) is 0 Å². The van der Waals surface area contributed by atoms with Crippen LogP contribution in [0.25, 0.3) is 0 Å². The van der Waals surface area contributed by atoms with E-state index in [2.05, 4.69) is 36.5 Å². The van der Waals surface area contributed by atoms with Gasteiger partial charge in [0.15, 0.2) is 0 Å². The van der Waals surface area contributed by atoms with Gasteiger partial charge in [0.1, 0.15) is 5.75 Å². The van der Waals surface area contributed by atoms with Crippen LogP contribution >= 0.6 is 0 Å². The maximum atomic E-state index is 5.20. The summed E-state index contributed by atoms with van der Waals surface area (Å²) in [6, 6.07) is 9.02. The van der Waals surface area contributed by atoms with E-state index < -0.39 is 0 Å². The molecule has 0 heterocycles. The molecule has 1 N–H and O–H groups in total. The number of fused-ring (bicyclic) bond motifs is 2. The molecule has 2 aliphatic rings. The van der Waals surface area contributed by atoms with Crippen molar-refractivity contribution in [1.29, 1.82) is 0 Å². The summed E-state index contributed by atoms with van der Waals surface area (Å²) in [4.78, 5) is 0. The van der Waals surface area contributed by atoms with Crippen LogP contribution in [0.4, 0.5) is 0 Å². The van der Waals surface area contributed by atoms with E-state index in [1.54, 1.807) is 7.11 Å². The molecule has 2 heteroatoms. The standard InChI is InChI=1S/C18H27NO/c1-13(9-14-4-7-18(20-2)8-5-14)19-12-17-11-15-3-6-16(17)10-15/h4-5,7-8,13,15-17,19H,3,6,9-12H2,1-2H3. The van der Waals surface area contributed by atoms with Crippen molar-refractivity contribution in [3.05, 3.63) is 29.8 Å². The van der Waals surface area contributed by atoms with E-state index in [1.165, 1.54) is 37.8 Å². The smallest absolute Gasteiger partial charge is 0.118 e. The quantitative estimate of drug-likeness (QED) is 0.854. The van der Waals surface area contributed by atoms with Crippen LogP contribution in [-0.2, 0) is 6.42 Å². The fourth-order valence-corrected chi connectivity index (χ4v) is 4.17. The summed E-state index contributed by atoms with van der Waals surface area (Å²) >= 11 is 0. The Labute approximate surface area is 122 Å². The second-order valence-corrected chi connectivity index (χ2v) is 6.80. The summed E-state index contributed by atoms with van der Waals surface area (Å²) in [5.41, 5.74) is 1.39. The molecule has 1 aromatic carbocycles. The third kappa shape index (κ3) is 3.17. The molecule has 0 saturated heterocycles. The van der Waals surface area contributed by atoms with Crippen LogP contribution in [0.1, 0.15) is 38.2 Å². The normalized spacial score (nSPS) is 29.6. The molecule has 0 spiro atoms. The van der Waals surface area contributed by atoms with Gasteiger partial charge in [0, 0.05) is 6.04 Å². The lowest BCUT2D eigenvalue weighted by Crippen LogP contribution is -2.34. The predicted octanol–water partition coefficient (Wildman–Crippen LogP) is 3.65. The SMILES string of the molecule is COc1ccc(CC(C)NCC2CC3CCC2C3)cc1. The second kappa shape index (κ2) is 6.17. The van der Waals surface area contributed by atoms with Gasteiger partial charge in [0.25, 0.3) is 0 Å². The zero-order chi connectivity index (χ0) is 13.9. The Morgan fingerprint density at radius 2 is 2.00 bits per heavy atom. The first-order chi connectivity index (χ1) is 9.74. The van der Waals surface area contributed by atoms with Crippen molar-refractivity contribution in [2.24, 2.45) is 17.8 Å². The van der Waals surface area contributed by atoms with Crippen LogP contribution in [0.2, 0.25) is 0 Å². The van der Waals surface area contributed by atoms with E-state index in [9.17, 15) is 0 Å². The molecule has 20 heavy (non-hydrogen) atoms. The average molecular weight is 273 g/mol. The first kappa shape index (κ1) is 13.9. The number of hydrogen-bond acceptors (Lipinski definition) is 2. The van der Waals surface area contributed by atoms with Crippen molar-refractivity contribution in [3.63, 3.8) is 0 Å². The van der Waals surface area contributed by atoms with Crippen molar-refractivity contribution in [2.45, 2.75) is 45.1 Å². The zero-order valence-electron chi connectivity index (χ0n) is 12.8. The lowest BCUT2D eigenvalue weighted by Gasteiger charge is -2.24. The minimum atomic E-state index is 0.558. The molecule has 2 nitrogen and oxygen atoms in total. The van der Waals surface area contributed by atoms with Crippen molar-refractivity contribution < 1.29 is 4.74 Å². The van der Waals surface area contributed by atoms with Crippen LogP contribution in [0, 0.1) is 17.8 Å². The van der Waals surface area contributed by atoms with Crippen LogP contribution < -0.4 is 10.1 Å². The summed E-state index contributed by atoms with van der Waals surface area (Å²) in [7, 11) is 1.72. The van der Waals surface area contributed by atoms with Gasteiger partial charge < -0.3 is 10.1 Å². The molecular weight excluding hydrogens is 246 g/mol. The summed E-state index contributed by atoms with van der Waals surface area (Å²) in [5, 5.41) is 3.76. The van der Waals surface area contributed by atoms with Crippen molar-refractivity contribution in [2.75, 3.05) is 13.7 Å². The summed E-state index contributed by atoms with van der Waals surface area (Å²) in [6.07, 6.45) is 7.09. The molecule has 0 aliphatic heterocycles. The third-order valence-electron chi connectivity index (χ3n) is 5.31. The topological polar surface area (TPSA) is 21.3 Å². The van der Waals surface area contributed by atoms with Crippen LogP contribution in [0.15, 0.2) is 24.3 Å². The Balaban J connectivity index is 1.43. The monoisotopic (exact) mass is 273 g/mol. The number of benzene rings is 1. The van der Waals surface area contributed by atoms with E-state index in [1.807, 2.05) is 0 Å². The highest BCUT2D eigenvalue weighted by Crippen LogP contribution is 2.47. The first-order valence-corrected chi connectivity index (χ1v) is 8.11. The van der Waals surface area contributed by atoms with Crippen LogP contribution in [0.3, 0.4) is 0 Å². The zero-order valence-corrected chi connectivity index (χ0v) is 12.8. The lowest BCUT2D eigenvalue weighted by molar-refractivity contribution is 0.308. The first-order valence-electron chi connectivity index (χ1n) is 8.11. The van der Waals surface area contributed by atoms with Gasteiger partial charge in [0.05, 0.1) is 7.11 Å². The van der Waals surface area contributed by atoms with Crippen molar-refractivity contribution in [1.82, 2.24) is 5.32 Å². The lowest BCUT2D eigenvalue weighted by atomic mass is 9.88. The Bertz CT molecular complexity index is 428. The van der Waals surface area contributed by atoms with Gasteiger partial charge in [-0.05, 0) is 74.6 Å². The Morgan fingerprint density at radius 1 is 1.20 bits per heavy atom. The molecule has 2 fully saturated rings. The molecular formula is C18H27NO. The van der Waals surface area contributed by atoms with E-state index in [0.717, 1.165) is 29.9 Å². The molecule has 0 amide bonds. The fraction of sp³-hybridized carbons (Fsp3) is 0.667. The molecule has 2 saturated carbocycles. The maximum absolute atomic E-state index is 5.20. The highest BCUT2D eigenvalue weighted by molar-refractivity contribution is 5.27. The van der Waals surface area contributed by atoms with E-state index in [4.69, 9.17) is 4.74 Å². The molecule has 4 atom stereocenters. The summed E-state index contributed by atoms with van der Waals surface area (Å²) in [5.74, 6) is 3.98. The number of ether oxygens (including phenoxy) is 1. The minimum Gasteiger partial charge on any atom is -0.497 e. The summed E-state index contributed by atoms with van der Waals surface area (Å²) in [6.45, 7) is 3.52. The number of hydrogen-bond donors (Lipinski definition) is 1. The Kier molecular flexibility index (Phi) is 4.30. The average Bonchev–Trinajstić information content (AvgIpc) is 3.08. The number of nitrogens with one attached hydrogen (secondary N) is 1. The van der Waals surface area contributed by atoms with Crippen molar-refractivity contribution in [3.8, 4) is 5.75 Å². The molecule has 0 aromatic heterocycles. The summed E-state index contributed by atoms with van der Waals surface area (Å²) < 4.78 is 5.20. The largest absolute Gasteiger partial charge is 0.497 e. The van der Waals surface area contributed by atoms with E-state index >= 15 is 0 Å². The molecule has 2 aliphatic carbocycles. The van der Waals surface area contributed by atoms with E-state index in [-0.39, 0.29) is 0 Å². The third-order valence-corrected chi connectivity index (χ3v) is 5.31. The molecule has 4 unspecified atom stereocenters. The predicted molar refractivity (Wildman–Crippen MR) is 83.1 cm³/mol. The molecule has 3 rings (SSSR count). The number of rotatable bonds is 6. The Morgan fingerprint density at radius 3 is 2.60 bits per heavy atom. The molecule has 2 bridgehead atoms.